The number of rotatable bonds is 5. The maximum Gasteiger partial charge on any atom is 0.145 e. The molecular weight excluding hydrogens is 322 g/mol. The summed E-state index contributed by atoms with van der Waals surface area (Å²) in [6.07, 6.45) is 1.49. The Balaban J connectivity index is 1.78. The predicted octanol–water partition coefficient (Wildman–Crippen LogP) is 1.42. The topological polar surface area (TPSA) is 106 Å². The van der Waals surface area contributed by atoms with E-state index < -0.39 is 11.9 Å². The number of aliphatic imine (C=N–C) groups is 1. The molecule has 0 bridgehead atoms. The largest absolute Gasteiger partial charge is 0.545 e. The van der Waals surface area contributed by atoms with Crippen LogP contribution in [0, 0.1) is 0 Å². The second-order valence-corrected chi connectivity index (χ2v) is 5.16. The van der Waals surface area contributed by atoms with Crippen LogP contribution in [-0.2, 0) is 0 Å². The third-order valence-corrected chi connectivity index (χ3v) is 3.45. The molecule has 3 aromatic rings. The molecule has 6 heteroatoms. The van der Waals surface area contributed by atoms with E-state index in [1.165, 1.54) is 30.5 Å². The predicted molar refractivity (Wildman–Crippen MR) is 86.5 cm³/mol. The Kier molecular flexibility index (Phi) is 4.43. The van der Waals surface area contributed by atoms with Gasteiger partial charge in [-0.3, -0.25) is 4.99 Å². The Morgan fingerprint density at radius 1 is 0.880 bits per heavy atom. The lowest BCUT2D eigenvalue weighted by molar-refractivity contribution is -0.256. The smallest absolute Gasteiger partial charge is 0.145 e. The summed E-state index contributed by atoms with van der Waals surface area (Å²) < 4.78 is 5.62. The summed E-state index contributed by atoms with van der Waals surface area (Å²) in [6.45, 7) is 0. The number of furan rings is 1. The van der Waals surface area contributed by atoms with E-state index in [9.17, 15) is 19.8 Å². The van der Waals surface area contributed by atoms with Crippen LogP contribution >= 0.6 is 0 Å². The molecule has 124 valence electrons. The number of carboxylic acids is 2. The van der Waals surface area contributed by atoms with Gasteiger partial charge in [-0.25, -0.2) is 0 Å². The van der Waals surface area contributed by atoms with Crippen LogP contribution < -0.4 is 10.2 Å². The molecule has 0 aliphatic rings. The maximum atomic E-state index is 10.9. The van der Waals surface area contributed by atoms with Crippen molar-refractivity contribution in [3.63, 3.8) is 0 Å². The summed E-state index contributed by atoms with van der Waals surface area (Å²) in [7, 11) is 0. The molecule has 3 rings (SSSR count). The molecule has 0 radical (unpaired) electrons. The van der Waals surface area contributed by atoms with E-state index in [0.29, 0.717) is 22.8 Å². The molecule has 0 saturated heterocycles. The zero-order chi connectivity index (χ0) is 17.8. The molecule has 0 amide bonds. The molecule has 25 heavy (non-hydrogen) atoms. The number of carbonyl (C=O) groups excluding carboxylic acids is 2. The van der Waals surface area contributed by atoms with E-state index in [1.807, 2.05) is 0 Å². The number of hydrogen-bond donors (Lipinski definition) is 0. The Bertz CT molecular complexity index is 954. The third-order valence-electron chi connectivity index (χ3n) is 3.45. The normalized spacial score (nSPS) is 10.9. The van der Waals surface area contributed by atoms with Crippen LogP contribution in [0.15, 0.2) is 70.1 Å². The van der Waals surface area contributed by atoms with Gasteiger partial charge in [0, 0.05) is 5.56 Å². The van der Waals surface area contributed by atoms with E-state index in [-0.39, 0.29) is 11.1 Å². The summed E-state index contributed by atoms with van der Waals surface area (Å²) >= 11 is 0. The molecule has 0 N–H and O–H groups in total. The lowest BCUT2D eigenvalue weighted by Gasteiger charge is -2.03. The van der Waals surface area contributed by atoms with Crippen molar-refractivity contribution in [3.8, 4) is 11.3 Å². The minimum Gasteiger partial charge on any atom is -0.545 e. The van der Waals surface area contributed by atoms with E-state index in [4.69, 9.17) is 4.42 Å². The van der Waals surface area contributed by atoms with Crippen LogP contribution in [0.1, 0.15) is 26.5 Å². The Morgan fingerprint density at radius 2 is 1.60 bits per heavy atom. The van der Waals surface area contributed by atoms with Gasteiger partial charge in [-0.1, -0.05) is 30.3 Å². The fraction of sp³-hybridized carbons (Fsp3) is 0. The van der Waals surface area contributed by atoms with Crippen molar-refractivity contribution in [1.82, 2.24) is 0 Å². The van der Waals surface area contributed by atoms with Crippen LogP contribution in [0.2, 0.25) is 0 Å². The zero-order valence-corrected chi connectivity index (χ0v) is 12.8. The van der Waals surface area contributed by atoms with Crippen LogP contribution in [0.4, 0.5) is 5.69 Å². The number of carboxylic acid groups (broad SMARTS) is 2. The van der Waals surface area contributed by atoms with Crippen LogP contribution in [0.5, 0.6) is 0 Å². The minimum absolute atomic E-state index is 0.0668. The maximum absolute atomic E-state index is 10.9. The summed E-state index contributed by atoms with van der Waals surface area (Å²) in [4.78, 5) is 25.8. The van der Waals surface area contributed by atoms with Crippen molar-refractivity contribution in [2.75, 3.05) is 0 Å². The van der Waals surface area contributed by atoms with Gasteiger partial charge in [0.25, 0.3) is 0 Å². The Labute approximate surface area is 142 Å². The molecule has 0 unspecified atom stereocenters. The summed E-state index contributed by atoms with van der Waals surface area (Å²) in [5.74, 6) is -1.53. The van der Waals surface area contributed by atoms with Crippen LogP contribution in [0.3, 0.4) is 0 Å². The Hall–Kier alpha value is -3.67. The summed E-state index contributed by atoms with van der Waals surface area (Å²) in [5, 5.41) is 21.6. The SMILES string of the molecule is O=C([O-])c1ccc(N=Cc2ccc(-c3cccc(C(=O)[O-])c3)o2)cc1. The molecule has 0 spiro atoms. The van der Waals surface area contributed by atoms with Crippen molar-refractivity contribution in [1.29, 1.82) is 0 Å². The van der Waals surface area contributed by atoms with Gasteiger partial charge in [-0.05, 0) is 41.5 Å². The number of aromatic carboxylic acids is 2. The number of hydrogen-bond acceptors (Lipinski definition) is 6. The fourth-order valence-corrected chi connectivity index (χ4v) is 2.20. The number of nitrogens with zero attached hydrogens (tertiary/aromatic N) is 1. The van der Waals surface area contributed by atoms with E-state index >= 15 is 0 Å². The highest BCUT2D eigenvalue weighted by Crippen LogP contribution is 2.23. The molecule has 0 aliphatic heterocycles. The van der Waals surface area contributed by atoms with Gasteiger partial charge in [0.2, 0.25) is 0 Å². The van der Waals surface area contributed by atoms with Gasteiger partial charge in [-0.2, -0.15) is 0 Å². The first-order valence-electron chi connectivity index (χ1n) is 7.30. The van der Waals surface area contributed by atoms with Crippen molar-refractivity contribution in [3.05, 3.63) is 77.6 Å². The van der Waals surface area contributed by atoms with Crippen molar-refractivity contribution in [2.45, 2.75) is 0 Å². The monoisotopic (exact) mass is 333 g/mol. The molecule has 2 aromatic carbocycles. The quantitative estimate of drug-likeness (QED) is 0.657. The van der Waals surface area contributed by atoms with Crippen molar-refractivity contribution < 1.29 is 24.2 Å². The standard InChI is InChI=1S/C19H13NO5/c21-18(22)12-4-6-15(7-5-12)20-11-16-8-9-17(25-16)13-2-1-3-14(10-13)19(23)24/h1-11H,(H,21,22)(H,23,24)/p-2. The fourth-order valence-electron chi connectivity index (χ4n) is 2.20. The zero-order valence-electron chi connectivity index (χ0n) is 12.8. The van der Waals surface area contributed by atoms with Gasteiger partial charge in [0.15, 0.2) is 0 Å². The second kappa shape index (κ2) is 6.84. The average molecular weight is 333 g/mol. The number of benzene rings is 2. The highest BCUT2D eigenvalue weighted by Gasteiger charge is 2.05. The third kappa shape index (κ3) is 3.81. The molecular formula is C19H11NO5-2. The first kappa shape index (κ1) is 16.2. The lowest BCUT2D eigenvalue weighted by atomic mass is 10.1. The number of carbonyl (C=O) groups is 2. The summed E-state index contributed by atoms with van der Waals surface area (Å²) in [5.41, 5.74) is 1.31. The van der Waals surface area contributed by atoms with Gasteiger partial charge < -0.3 is 24.2 Å². The van der Waals surface area contributed by atoms with Crippen molar-refractivity contribution >= 4 is 23.8 Å². The first-order chi connectivity index (χ1) is 12.0. The highest BCUT2D eigenvalue weighted by atomic mass is 16.4. The van der Waals surface area contributed by atoms with E-state index in [0.717, 1.165) is 0 Å². The van der Waals surface area contributed by atoms with Crippen LogP contribution in [0.25, 0.3) is 11.3 Å². The summed E-state index contributed by atoms with van der Waals surface area (Å²) in [6, 6.07) is 15.6. The van der Waals surface area contributed by atoms with Gasteiger partial charge in [-0.15, -0.1) is 0 Å². The molecule has 0 fully saturated rings. The van der Waals surface area contributed by atoms with Crippen molar-refractivity contribution in [2.24, 2.45) is 4.99 Å². The lowest BCUT2D eigenvalue weighted by Crippen LogP contribution is -2.22. The molecule has 6 nitrogen and oxygen atoms in total. The highest BCUT2D eigenvalue weighted by molar-refractivity contribution is 5.88. The first-order valence-corrected chi connectivity index (χ1v) is 7.30. The van der Waals surface area contributed by atoms with E-state index in [1.54, 1.807) is 36.4 Å². The van der Waals surface area contributed by atoms with Gasteiger partial charge >= 0.3 is 0 Å². The van der Waals surface area contributed by atoms with E-state index in [2.05, 4.69) is 4.99 Å². The molecule has 0 saturated carbocycles. The average Bonchev–Trinajstić information content (AvgIpc) is 3.09. The van der Waals surface area contributed by atoms with Crippen LogP contribution in [-0.4, -0.2) is 18.2 Å². The van der Waals surface area contributed by atoms with Gasteiger partial charge in [0.05, 0.1) is 23.8 Å². The minimum atomic E-state index is -1.25. The van der Waals surface area contributed by atoms with Gasteiger partial charge in [0.1, 0.15) is 11.5 Å². The molecule has 1 aromatic heterocycles. The molecule has 0 aliphatic carbocycles. The molecule has 1 heterocycles. The molecule has 0 atom stereocenters. The Morgan fingerprint density at radius 3 is 2.28 bits per heavy atom. The second-order valence-electron chi connectivity index (χ2n) is 5.16.